The van der Waals surface area contributed by atoms with Gasteiger partial charge in [0, 0.05) is 19.6 Å². The van der Waals surface area contributed by atoms with Gasteiger partial charge in [-0.05, 0) is 44.9 Å². The van der Waals surface area contributed by atoms with Gasteiger partial charge >= 0.3 is 0 Å². The number of aliphatic hydroxyl groups is 1. The summed E-state index contributed by atoms with van der Waals surface area (Å²) in [6.07, 6.45) is 0.945. The van der Waals surface area contributed by atoms with Crippen molar-refractivity contribution in [1.82, 2.24) is 20.2 Å². The maximum absolute atomic E-state index is 10.8. The number of guanidine groups is 1. The van der Waals surface area contributed by atoms with Crippen molar-refractivity contribution in [1.29, 1.82) is 0 Å². The largest absolute Gasteiger partial charge is 0.384 e. The Bertz CT molecular complexity index is 953. The van der Waals surface area contributed by atoms with Crippen LogP contribution < -0.4 is 10.6 Å². The molecule has 0 amide bonds. The van der Waals surface area contributed by atoms with Crippen LogP contribution in [0.4, 0.5) is 0 Å². The number of nitrogens with zero attached hydrogens (tertiary/aromatic N) is 3. The third-order valence-corrected chi connectivity index (χ3v) is 4.98. The Labute approximate surface area is 195 Å². The zero-order chi connectivity index (χ0) is 20.7. The molecule has 3 N–H and O–H groups in total. The van der Waals surface area contributed by atoms with Gasteiger partial charge in [-0.3, -0.25) is 0 Å². The van der Waals surface area contributed by atoms with Crippen LogP contribution in [0.2, 0.25) is 0 Å². The van der Waals surface area contributed by atoms with Crippen LogP contribution in [0.1, 0.15) is 31.7 Å². The van der Waals surface area contributed by atoms with Crippen LogP contribution in [0.15, 0.2) is 59.6 Å². The van der Waals surface area contributed by atoms with E-state index in [1.54, 1.807) is 6.92 Å². The minimum atomic E-state index is -1.00. The van der Waals surface area contributed by atoms with E-state index in [-0.39, 0.29) is 30.5 Å². The summed E-state index contributed by atoms with van der Waals surface area (Å²) in [6.45, 7) is 8.61. The number of hydrogen-bond acceptors (Lipinski definition) is 3. The highest BCUT2D eigenvalue weighted by atomic mass is 127. The molecule has 1 aromatic heterocycles. The molecule has 0 radical (unpaired) electrons. The predicted octanol–water partition coefficient (Wildman–Crippen LogP) is 3.82. The smallest absolute Gasteiger partial charge is 0.191 e. The minimum Gasteiger partial charge on any atom is -0.384 e. The summed E-state index contributed by atoms with van der Waals surface area (Å²) in [6, 6.07) is 17.9. The van der Waals surface area contributed by atoms with E-state index >= 15 is 0 Å². The third-order valence-electron chi connectivity index (χ3n) is 4.98. The zero-order valence-corrected chi connectivity index (χ0v) is 20.3. The topological polar surface area (TPSA) is 74.5 Å². The number of aliphatic imine (C=N–C) groups is 1. The van der Waals surface area contributed by atoms with Gasteiger partial charge in [-0.2, -0.15) is 0 Å². The van der Waals surface area contributed by atoms with Gasteiger partial charge in [0.1, 0.15) is 11.4 Å². The SMILES string of the molecule is CCNC(=NCC(C)(O)c1ccccc1)NCCCn1c(C)nc2ccccc21.I. The molecule has 1 unspecified atom stereocenters. The number of nitrogens with one attached hydrogen (secondary N) is 2. The van der Waals surface area contributed by atoms with Gasteiger partial charge in [0.15, 0.2) is 5.96 Å². The first-order valence-electron chi connectivity index (χ1n) is 10.2. The molecule has 162 valence electrons. The first-order valence-corrected chi connectivity index (χ1v) is 10.2. The number of benzene rings is 2. The van der Waals surface area contributed by atoms with Gasteiger partial charge in [-0.1, -0.05) is 42.5 Å². The second-order valence-corrected chi connectivity index (χ2v) is 7.41. The fraction of sp³-hybridized carbons (Fsp3) is 0.391. The summed E-state index contributed by atoms with van der Waals surface area (Å²) >= 11 is 0. The van der Waals surface area contributed by atoms with Crippen molar-refractivity contribution in [2.75, 3.05) is 19.6 Å². The van der Waals surface area contributed by atoms with Crippen LogP contribution in [0.3, 0.4) is 0 Å². The predicted molar refractivity (Wildman–Crippen MR) is 134 cm³/mol. The summed E-state index contributed by atoms with van der Waals surface area (Å²) in [5.74, 6) is 1.75. The van der Waals surface area contributed by atoms with Crippen molar-refractivity contribution in [3.05, 3.63) is 66.0 Å². The number of para-hydroxylation sites is 2. The molecule has 0 aliphatic carbocycles. The second-order valence-electron chi connectivity index (χ2n) is 7.41. The van der Waals surface area contributed by atoms with Crippen molar-refractivity contribution in [2.24, 2.45) is 4.99 Å². The Balaban J connectivity index is 0.00000320. The number of halogens is 1. The normalized spacial score (nSPS) is 13.5. The van der Waals surface area contributed by atoms with Gasteiger partial charge in [0.25, 0.3) is 0 Å². The zero-order valence-electron chi connectivity index (χ0n) is 17.9. The Kier molecular flexibility index (Phi) is 9.10. The van der Waals surface area contributed by atoms with Gasteiger partial charge < -0.3 is 20.3 Å². The molecule has 1 heterocycles. The Morgan fingerprint density at radius 1 is 1.10 bits per heavy atom. The minimum absolute atomic E-state index is 0. The molecule has 6 nitrogen and oxygen atoms in total. The molecule has 2 aromatic carbocycles. The fourth-order valence-corrected chi connectivity index (χ4v) is 3.39. The van der Waals surface area contributed by atoms with Crippen molar-refractivity contribution >= 4 is 41.0 Å². The highest BCUT2D eigenvalue weighted by Gasteiger charge is 2.22. The molecule has 3 rings (SSSR count). The lowest BCUT2D eigenvalue weighted by Crippen LogP contribution is -2.39. The van der Waals surface area contributed by atoms with E-state index in [9.17, 15) is 5.11 Å². The molecule has 0 spiro atoms. The van der Waals surface area contributed by atoms with Crippen LogP contribution in [-0.2, 0) is 12.1 Å². The molecule has 0 saturated carbocycles. The highest BCUT2D eigenvalue weighted by Crippen LogP contribution is 2.20. The highest BCUT2D eigenvalue weighted by molar-refractivity contribution is 14.0. The van der Waals surface area contributed by atoms with Crippen LogP contribution in [0, 0.1) is 6.92 Å². The molecule has 0 aliphatic rings. The van der Waals surface area contributed by atoms with E-state index in [0.717, 1.165) is 48.9 Å². The van der Waals surface area contributed by atoms with Crippen LogP contribution in [0.25, 0.3) is 11.0 Å². The first-order chi connectivity index (χ1) is 14.0. The molecular weight excluding hydrogens is 489 g/mol. The number of fused-ring (bicyclic) bond motifs is 1. The van der Waals surface area contributed by atoms with Crippen LogP contribution in [0.5, 0.6) is 0 Å². The molecular formula is C23H32IN5O. The molecule has 0 fully saturated rings. The standard InChI is InChI=1S/C23H31N5O.HI/c1-4-24-22(26-17-23(3,29)19-11-6-5-7-12-19)25-15-10-16-28-18(2)27-20-13-8-9-14-21(20)28;/h5-9,11-14,29H,4,10,15-17H2,1-3H3,(H2,24,25,26);1H. The summed E-state index contributed by atoms with van der Waals surface area (Å²) in [4.78, 5) is 9.21. The van der Waals surface area contributed by atoms with E-state index in [1.165, 1.54) is 5.52 Å². The summed E-state index contributed by atoms with van der Waals surface area (Å²) in [5.41, 5.74) is 2.07. The van der Waals surface area contributed by atoms with Crippen molar-refractivity contribution in [3.63, 3.8) is 0 Å². The number of aromatic nitrogens is 2. The third kappa shape index (κ3) is 6.18. The van der Waals surface area contributed by atoms with Gasteiger partial charge in [-0.25, -0.2) is 9.98 Å². The van der Waals surface area contributed by atoms with Crippen molar-refractivity contribution < 1.29 is 5.11 Å². The monoisotopic (exact) mass is 521 g/mol. The maximum Gasteiger partial charge on any atom is 0.191 e. The van der Waals surface area contributed by atoms with Gasteiger partial charge in [-0.15, -0.1) is 24.0 Å². The average Bonchev–Trinajstić information content (AvgIpc) is 3.05. The van der Waals surface area contributed by atoms with E-state index in [4.69, 9.17) is 0 Å². The Hall–Kier alpha value is -2.13. The number of rotatable bonds is 8. The number of hydrogen-bond donors (Lipinski definition) is 3. The molecule has 30 heavy (non-hydrogen) atoms. The molecule has 0 saturated heterocycles. The molecule has 3 aromatic rings. The molecule has 0 aliphatic heterocycles. The maximum atomic E-state index is 10.8. The molecule has 0 bridgehead atoms. The lowest BCUT2D eigenvalue weighted by molar-refractivity contribution is 0.0672. The lowest BCUT2D eigenvalue weighted by atomic mass is 9.96. The molecule has 7 heteroatoms. The van der Waals surface area contributed by atoms with E-state index in [2.05, 4.69) is 31.2 Å². The summed E-state index contributed by atoms with van der Waals surface area (Å²) < 4.78 is 2.25. The van der Waals surface area contributed by atoms with Crippen molar-refractivity contribution in [3.8, 4) is 0 Å². The van der Waals surface area contributed by atoms with Gasteiger partial charge in [0.2, 0.25) is 0 Å². The Morgan fingerprint density at radius 2 is 1.80 bits per heavy atom. The van der Waals surface area contributed by atoms with E-state index in [1.807, 2.05) is 62.4 Å². The quantitative estimate of drug-likeness (QED) is 0.183. The van der Waals surface area contributed by atoms with E-state index < -0.39 is 5.60 Å². The van der Waals surface area contributed by atoms with Gasteiger partial charge in [0.05, 0.1) is 17.6 Å². The van der Waals surface area contributed by atoms with Crippen LogP contribution in [-0.4, -0.2) is 40.3 Å². The molecule has 1 atom stereocenters. The Morgan fingerprint density at radius 3 is 2.53 bits per heavy atom. The number of imidazole rings is 1. The average molecular weight is 521 g/mol. The van der Waals surface area contributed by atoms with Crippen LogP contribution >= 0.6 is 24.0 Å². The number of aryl methyl sites for hydroxylation is 2. The first kappa shape index (κ1) is 24.1. The lowest BCUT2D eigenvalue weighted by Gasteiger charge is -2.22. The second kappa shape index (κ2) is 11.3. The fourth-order valence-electron chi connectivity index (χ4n) is 3.39. The summed E-state index contributed by atoms with van der Waals surface area (Å²) in [5, 5.41) is 17.4. The van der Waals surface area contributed by atoms with Crippen molar-refractivity contribution in [2.45, 2.75) is 39.3 Å². The van der Waals surface area contributed by atoms with E-state index in [0.29, 0.717) is 0 Å². The summed E-state index contributed by atoms with van der Waals surface area (Å²) in [7, 11) is 0.